The normalized spacial score (nSPS) is 18.5. The average molecular weight is 645 g/mol. The molecule has 1 aliphatic heterocycles. The molecule has 9 nitrogen and oxygen atoms in total. The number of halogens is 1. The maximum absolute atomic E-state index is 14.0. The first-order chi connectivity index (χ1) is 20.1. The van der Waals surface area contributed by atoms with Gasteiger partial charge in [0.2, 0.25) is 0 Å². The van der Waals surface area contributed by atoms with Gasteiger partial charge in [0.25, 0.3) is 0 Å². The predicted octanol–water partition coefficient (Wildman–Crippen LogP) is 5.81. The summed E-state index contributed by atoms with van der Waals surface area (Å²) in [6.07, 6.45) is 0.859. The molecule has 42 heavy (non-hydrogen) atoms. The Labute approximate surface area is 255 Å². The van der Waals surface area contributed by atoms with E-state index in [9.17, 15) is 9.59 Å². The molecule has 0 saturated carbocycles. The number of Topliss-reactive ketones (excluding diaryl/α,β-unsaturated/α-hetero) is 1. The van der Waals surface area contributed by atoms with Crippen molar-refractivity contribution in [1.82, 2.24) is 5.32 Å². The lowest BCUT2D eigenvalue weighted by Gasteiger charge is -2.37. The molecule has 0 fully saturated rings. The number of esters is 1. The number of carbonyl (C=O) groups is 2. The van der Waals surface area contributed by atoms with Crippen LogP contribution in [0.4, 0.5) is 0 Å². The van der Waals surface area contributed by atoms with Crippen LogP contribution in [0.25, 0.3) is 0 Å². The lowest BCUT2D eigenvalue weighted by molar-refractivity contribution is -0.141. The molecule has 2 aliphatic rings. The van der Waals surface area contributed by atoms with Gasteiger partial charge in [0.1, 0.15) is 6.61 Å². The lowest BCUT2D eigenvalue weighted by Crippen LogP contribution is -2.36. The van der Waals surface area contributed by atoms with E-state index in [1.54, 1.807) is 34.5 Å². The summed E-state index contributed by atoms with van der Waals surface area (Å²) in [5, 5.41) is 3.39. The second kappa shape index (κ2) is 13.6. The molecule has 4 rings (SSSR count). The number of hydrogen-bond donors (Lipinski definition) is 1. The summed E-state index contributed by atoms with van der Waals surface area (Å²) < 4.78 is 33.9. The number of nitrogens with one attached hydrogen (secondary N) is 1. The van der Waals surface area contributed by atoms with Gasteiger partial charge in [0.05, 0.1) is 51.2 Å². The number of dihydropyridines is 1. The quantitative estimate of drug-likeness (QED) is 0.240. The summed E-state index contributed by atoms with van der Waals surface area (Å²) in [6.45, 7) is 6.04. The van der Waals surface area contributed by atoms with Gasteiger partial charge < -0.3 is 33.7 Å². The number of carbonyl (C=O) groups excluding carboxylic acids is 2. The van der Waals surface area contributed by atoms with E-state index in [1.807, 2.05) is 45.0 Å². The monoisotopic (exact) mass is 643 g/mol. The van der Waals surface area contributed by atoms with Crippen LogP contribution in [0.15, 0.2) is 57.3 Å². The first-order valence-electron chi connectivity index (χ1n) is 13.8. The molecule has 2 aromatic rings. The molecule has 1 N–H and O–H groups in total. The van der Waals surface area contributed by atoms with Gasteiger partial charge in [-0.25, -0.2) is 4.79 Å². The Morgan fingerprint density at radius 1 is 0.929 bits per heavy atom. The van der Waals surface area contributed by atoms with E-state index < -0.39 is 11.9 Å². The molecule has 0 aromatic heterocycles. The molecule has 2 atom stereocenters. The van der Waals surface area contributed by atoms with Crippen molar-refractivity contribution in [3.63, 3.8) is 0 Å². The molecular weight excluding hydrogens is 606 g/mol. The highest BCUT2D eigenvalue weighted by Crippen LogP contribution is 2.49. The fourth-order valence-corrected chi connectivity index (χ4v) is 6.21. The van der Waals surface area contributed by atoms with Gasteiger partial charge in [-0.15, -0.1) is 0 Å². The maximum Gasteiger partial charge on any atom is 0.336 e. The molecule has 1 heterocycles. The van der Waals surface area contributed by atoms with Gasteiger partial charge >= 0.3 is 5.97 Å². The molecule has 2 aromatic carbocycles. The predicted molar refractivity (Wildman–Crippen MR) is 161 cm³/mol. The molecule has 0 radical (unpaired) electrons. The van der Waals surface area contributed by atoms with E-state index in [-0.39, 0.29) is 37.4 Å². The highest BCUT2D eigenvalue weighted by atomic mass is 79.9. The van der Waals surface area contributed by atoms with Gasteiger partial charge in [-0.3, -0.25) is 4.79 Å². The van der Waals surface area contributed by atoms with E-state index in [0.717, 1.165) is 11.3 Å². The third-order valence-corrected chi connectivity index (χ3v) is 8.07. The van der Waals surface area contributed by atoms with Crippen LogP contribution in [0, 0.1) is 0 Å². The van der Waals surface area contributed by atoms with E-state index in [1.165, 1.54) is 0 Å². The van der Waals surface area contributed by atoms with E-state index >= 15 is 0 Å². The fourth-order valence-electron chi connectivity index (χ4n) is 5.59. The number of methoxy groups -OCH3 is 4. The first kappa shape index (κ1) is 31.4. The number of hydrogen-bond acceptors (Lipinski definition) is 9. The van der Waals surface area contributed by atoms with Crippen molar-refractivity contribution in [2.45, 2.75) is 51.6 Å². The van der Waals surface area contributed by atoms with Crippen molar-refractivity contribution in [3.8, 4) is 23.0 Å². The third-order valence-electron chi connectivity index (χ3n) is 7.48. The average Bonchev–Trinajstić information content (AvgIpc) is 2.97. The number of allylic oxidation sites excluding steroid dienone is 3. The van der Waals surface area contributed by atoms with Crippen molar-refractivity contribution >= 4 is 27.7 Å². The highest BCUT2D eigenvalue weighted by molar-refractivity contribution is 9.10. The second-order valence-corrected chi connectivity index (χ2v) is 11.3. The van der Waals surface area contributed by atoms with Crippen LogP contribution in [-0.2, 0) is 19.1 Å². The molecule has 0 unspecified atom stereocenters. The molecule has 0 bridgehead atoms. The minimum atomic E-state index is -0.672. The van der Waals surface area contributed by atoms with Crippen LogP contribution in [-0.4, -0.2) is 59.5 Å². The number of ether oxygens (including phenoxy) is 6. The van der Waals surface area contributed by atoms with Crippen LogP contribution in [0.2, 0.25) is 0 Å². The van der Waals surface area contributed by atoms with Crippen molar-refractivity contribution in [2.24, 2.45) is 0 Å². The summed E-state index contributed by atoms with van der Waals surface area (Å²) in [6, 6.07) is 9.39. The molecule has 226 valence electrons. The largest absolute Gasteiger partial charge is 0.493 e. The SMILES string of the molecule is COc1ccc([C@@H]2CC(=O)C3=C(C2)NC(C)=C(C(=O)OCCOC(C)C)[C@@H]3c2cc(Br)c(OC)c(OC)c2)cc1OC. The summed E-state index contributed by atoms with van der Waals surface area (Å²) in [4.78, 5) is 27.6. The Balaban J connectivity index is 1.77. The first-order valence-corrected chi connectivity index (χ1v) is 14.6. The molecular formula is C32H38BrNO8. The fraction of sp³-hybridized carbons (Fsp3) is 0.438. The minimum Gasteiger partial charge on any atom is -0.493 e. The standard InChI is InChI=1S/C32H38BrNO8/c1-17(2)41-10-11-42-32(36)28-18(3)34-23-13-20(19-8-9-25(37-4)26(15-19)38-5)14-24(35)30(23)29(28)21-12-22(33)31(40-7)27(16-21)39-6/h8-9,12,15-17,20,29,34H,10-11,13-14H2,1-7H3/t20-,29-/m0/s1. The summed E-state index contributed by atoms with van der Waals surface area (Å²) >= 11 is 3.58. The van der Waals surface area contributed by atoms with Crippen LogP contribution >= 0.6 is 15.9 Å². The summed E-state index contributed by atoms with van der Waals surface area (Å²) in [7, 11) is 6.28. The zero-order valence-corrected chi connectivity index (χ0v) is 26.7. The highest BCUT2D eigenvalue weighted by Gasteiger charge is 2.42. The van der Waals surface area contributed by atoms with Crippen molar-refractivity contribution in [1.29, 1.82) is 0 Å². The number of benzene rings is 2. The van der Waals surface area contributed by atoms with E-state index in [4.69, 9.17) is 28.4 Å². The Morgan fingerprint density at radius 3 is 2.26 bits per heavy atom. The Bertz CT molecular complexity index is 1410. The van der Waals surface area contributed by atoms with Crippen molar-refractivity contribution in [3.05, 3.63) is 68.5 Å². The van der Waals surface area contributed by atoms with Crippen LogP contribution in [0.5, 0.6) is 23.0 Å². The maximum atomic E-state index is 14.0. The lowest BCUT2D eigenvalue weighted by atomic mass is 9.71. The molecule has 0 saturated heterocycles. The zero-order valence-electron chi connectivity index (χ0n) is 25.1. The third kappa shape index (κ3) is 6.44. The van der Waals surface area contributed by atoms with Gasteiger partial charge in [0, 0.05) is 29.3 Å². The Hall–Kier alpha value is -3.50. The van der Waals surface area contributed by atoms with Crippen LogP contribution < -0.4 is 24.3 Å². The van der Waals surface area contributed by atoms with Crippen LogP contribution in [0.1, 0.15) is 56.6 Å². The van der Waals surface area contributed by atoms with Crippen molar-refractivity contribution in [2.75, 3.05) is 41.7 Å². The van der Waals surface area contributed by atoms with Crippen LogP contribution in [0.3, 0.4) is 0 Å². The van der Waals surface area contributed by atoms with Gasteiger partial charge in [0.15, 0.2) is 28.8 Å². The molecule has 1 aliphatic carbocycles. The van der Waals surface area contributed by atoms with E-state index in [0.29, 0.717) is 56.3 Å². The Kier molecular flexibility index (Phi) is 10.2. The van der Waals surface area contributed by atoms with Gasteiger partial charge in [-0.1, -0.05) is 6.07 Å². The smallest absolute Gasteiger partial charge is 0.336 e. The van der Waals surface area contributed by atoms with Gasteiger partial charge in [-0.2, -0.15) is 0 Å². The molecule has 0 spiro atoms. The number of ketones is 1. The molecule has 0 amide bonds. The summed E-state index contributed by atoms with van der Waals surface area (Å²) in [5.41, 5.74) is 3.99. The zero-order chi connectivity index (χ0) is 30.6. The number of rotatable bonds is 11. The van der Waals surface area contributed by atoms with Crippen molar-refractivity contribution < 1.29 is 38.0 Å². The topological polar surface area (TPSA) is 102 Å². The van der Waals surface area contributed by atoms with E-state index in [2.05, 4.69) is 21.2 Å². The molecule has 10 heteroatoms. The Morgan fingerprint density at radius 2 is 1.62 bits per heavy atom. The summed E-state index contributed by atoms with van der Waals surface area (Å²) in [5.74, 6) is 0.900. The van der Waals surface area contributed by atoms with Gasteiger partial charge in [-0.05, 0) is 84.4 Å². The second-order valence-electron chi connectivity index (χ2n) is 10.4. The minimum absolute atomic E-state index is 0.0176.